The van der Waals surface area contributed by atoms with Gasteiger partial charge in [-0.1, -0.05) is 0 Å². The SMILES string of the molecule is Nc1cnc(C(F)F)c(C(=O)Cl)c1. The summed E-state index contributed by atoms with van der Waals surface area (Å²) in [5, 5.41) is -0.991. The molecule has 0 fully saturated rings. The minimum Gasteiger partial charge on any atom is -0.397 e. The number of pyridine rings is 1. The van der Waals surface area contributed by atoms with E-state index in [1.54, 1.807) is 0 Å². The normalized spacial score (nSPS) is 10.5. The molecule has 3 nitrogen and oxygen atoms in total. The van der Waals surface area contributed by atoms with Gasteiger partial charge in [0, 0.05) is 0 Å². The van der Waals surface area contributed by atoms with Gasteiger partial charge in [0.1, 0.15) is 5.69 Å². The van der Waals surface area contributed by atoms with Crippen molar-refractivity contribution in [3.8, 4) is 0 Å². The fourth-order valence-corrected chi connectivity index (χ4v) is 0.974. The molecule has 0 aliphatic carbocycles. The molecule has 0 saturated carbocycles. The van der Waals surface area contributed by atoms with Gasteiger partial charge in [-0.15, -0.1) is 0 Å². The van der Waals surface area contributed by atoms with Crippen LogP contribution in [0.2, 0.25) is 0 Å². The van der Waals surface area contributed by atoms with Crippen LogP contribution in [0.15, 0.2) is 12.3 Å². The molecule has 1 aromatic heterocycles. The largest absolute Gasteiger partial charge is 0.397 e. The molecule has 1 rings (SSSR count). The van der Waals surface area contributed by atoms with Crippen LogP contribution < -0.4 is 5.73 Å². The molecular weight excluding hydrogens is 202 g/mol. The van der Waals surface area contributed by atoms with Gasteiger partial charge in [-0.3, -0.25) is 9.78 Å². The van der Waals surface area contributed by atoms with Crippen LogP contribution in [-0.4, -0.2) is 10.2 Å². The van der Waals surface area contributed by atoms with E-state index >= 15 is 0 Å². The Hall–Kier alpha value is -1.23. The number of carbonyl (C=O) groups is 1. The maximum Gasteiger partial charge on any atom is 0.281 e. The molecule has 0 radical (unpaired) electrons. The van der Waals surface area contributed by atoms with Gasteiger partial charge in [0.15, 0.2) is 0 Å². The Bertz CT molecular complexity index is 343. The number of rotatable bonds is 2. The Morgan fingerprint density at radius 2 is 2.23 bits per heavy atom. The van der Waals surface area contributed by atoms with E-state index in [9.17, 15) is 13.6 Å². The van der Waals surface area contributed by atoms with Gasteiger partial charge in [0.05, 0.1) is 17.4 Å². The lowest BCUT2D eigenvalue weighted by Crippen LogP contribution is -2.03. The minimum absolute atomic E-state index is 0.119. The number of hydrogen-bond acceptors (Lipinski definition) is 3. The third kappa shape index (κ3) is 2.12. The molecule has 0 aliphatic rings. The van der Waals surface area contributed by atoms with Gasteiger partial charge < -0.3 is 5.73 Å². The van der Waals surface area contributed by atoms with Gasteiger partial charge in [-0.25, -0.2) is 8.78 Å². The molecule has 0 unspecified atom stereocenters. The predicted molar refractivity (Wildman–Crippen MR) is 43.8 cm³/mol. The fourth-order valence-electron chi connectivity index (χ4n) is 0.823. The van der Waals surface area contributed by atoms with Gasteiger partial charge in [-0.05, 0) is 17.7 Å². The zero-order valence-corrected chi connectivity index (χ0v) is 7.05. The fraction of sp³-hybridized carbons (Fsp3) is 0.143. The molecule has 0 spiro atoms. The van der Waals surface area contributed by atoms with Crippen LogP contribution in [-0.2, 0) is 0 Å². The zero-order chi connectivity index (χ0) is 10.0. The molecule has 2 N–H and O–H groups in total. The average Bonchev–Trinajstić information content (AvgIpc) is 2.03. The van der Waals surface area contributed by atoms with E-state index in [4.69, 9.17) is 17.3 Å². The maximum absolute atomic E-state index is 12.2. The second-order valence-corrected chi connectivity index (χ2v) is 2.62. The lowest BCUT2D eigenvalue weighted by molar-refractivity contribution is 0.106. The molecule has 6 heteroatoms. The summed E-state index contributed by atoms with van der Waals surface area (Å²) in [5.41, 5.74) is 4.37. The minimum atomic E-state index is -2.83. The average molecular weight is 207 g/mol. The Morgan fingerprint density at radius 3 is 2.69 bits per heavy atom. The number of aromatic nitrogens is 1. The number of halogens is 3. The highest BCUT2D eigenvalue weighted by Crippen LogP contribution is 2.23. The van der Waals surface area contributed by atoms with Crippen LogP contribution in [0.5, 0.6) is 0 Å². The number of nitrogens with zero attached hydrogens (tertiary/aromatic N) is 1. The summed E-state index contributed by atoms with van der Waals surface area (Å²) >= 11 is 5.06. The van der Waals surface area contributed by atoms with Crippen molar-refractivity contribution in [3.63, 3.8) is 0 Å². The van der Waals surface area contributed by atoms with E-state index < -0.39 is 17.4 Å². The number of carbonyl (C=O) groups excluding carboxylic acids is 1. The molecule has 70 valence electrons. The quantitative estimate of drug-likeness (QED) is 0.753. The van der Waals surface area contributed by atoms with Crippen LogP contribution in [0.25, 0.3) is 0 Å². The summed E-state index contributed by atoms with van der Waals surface area (Å²) in [6, 6.07) is 1.07. The maximum atomic E-state index is 12.2. The monoisotopic (exact) mass is 206 g/mol. The summed E-state index contributed by atoms with van der Waals surface area (Å²) in [6.45, 7) is 0. The van der Waals surface area contributed by atoms with Crippen molar-refractivity contribution in [2.45, 2.75) is 6.43 Å². The van der Waals surface area contributed by atoms with E-state index in [0.717, 1.165) is 12.3 Å². The van der Waals surface area contributed by atoms with E-state index in [-0.39, 0.29) is 11.3 Å². The van der Waals surface area contributed by atoms with Crippen molar-refractivity contribution in [3.05, 3.63) is 23.5 Å². The van der Waals surface area contributed by atoms with Crippen LogP contribution in [0, 0.1) is 0 Å². The summed E-state index contributed by atoms with van der Waals surface area (Å²) in [6.07, 6.45) is -1.79. The first-order valence-corrected chi connectivity index (χ1v) is 3.63. The number of nitrogens with two attached hydrogens (primary N) is 1. The molecule has 0 atom stereocenters. The van der Waals surface area contributed by atoms with E-state index in [1.807, 2.05) is 0 Å². The van der Waals surface area contributed by atoms with Crippen molar-refractivity contribution in [1.29, 1.82) is 0 Å². The highest BCUT2D eigenvalue weighted by Gasteiger charge is 2.18. The van der Waals surface area contributed by atoms with Gasteiger partial charge >= 0.3 is 0 Å². The van der Waals surface area contributed by atoms with Gasteiger partial charge in [0.25, 0.3) is 11.7 Å². The van der Waals surface area contributed by atoms with Crippen LogP contribution in [0.4, 0.5) is 14.5 Å². The highest BCUT2D eigenvalue weighted by atomic mass is 35.5. The van der Waals surface area contributed by atoms with Crippen molar-refractivity contribution >= 4 is 22.5 Å². The van der Waals surface area contributed by atoms with E-state index in [0.29, 0.717) is 0 Å². The summed E-state index contributed by atoms with van der Waals surface area (Å²) in [4.78, 5) is 14.0. The Kier molecular flexibility index (Phi) is 2.77. The molecule has 0 bridgehead atoms. The molecule has 0 saturated heterocycles. The first kappa shape index (κ1) is 9.85. The van der Waals surface area contributed by atoms with Crippen LogP contribution >= 0.6 is 11.6 Å². The van der Waals surface area contributed by atoms with E-state index in [1.165, 1.54) is 0 Å². The summed E-state index contributed by atoms with van der Waals surface area (Å²) in [5.74, 6) is 0. The van der Waals surface area contributed by atoms with Crippen molar-refractivity contribution in [2.24, 2.45) is 0 Å². The second kappa shape index (κ2) is 3.66. The van der Waals surface area contributed by atoms with Crippen molar-refractivity contribution < 1.29 is 13.6 Å². The third-order valence-corrected chi connectivity index (χ3v) is 1.56. The van der Waals surface area contributed by atoms with Crippen molar-refractivity contribution in [1.82, 2.24) is 4.98 Å². The molecule has 1 aromatic rings. The lowest BCUT2D eigenvalue weighted by Gasteiger charge is -2.03. The summed E-state index contributed by atoms with van der Waals surface area (Å²) < 4.78 is 24.4. The standard InChI is InChI=1S/C7H5ClF2N2O/c8-6(13)4-1-3(11)2-12-5(4)7(9)10/h1-2,7H,11H2. The second-order valence-electron chi connectivity index (χ2n) is 2.28. The topological polar surface area (TPSA) is 56.0 Å². The third-order valence-electron chi connectivity index (χ3n) is 1.36. The van der Waals surface area contributed by atoms with Gasteiger partial charge in [-0.2, -0.15) is 0 Å². The Morgan fingerprint density at radius 1 is 1.62 bits per heavy atom. The Labute approximate surface area is 77.5 Å². The first-order valence-electron chi connectivity index (χ1n) is 3.25. The van der Waals surface area contributed by atoms with Crippen molar-refractivity contribution in [2.75, 3.05) is 5.73 Å². The number of anilines is 1. The van der Waals surface area contributed by atoms with Gasteiger partial charge in [0.2, 0.25) is 0 Å². The molecular formula is C7H5ClF2N2O. The molecule has 0 aliphatic heterocycles. The number of nitrogen functional groups attached to an aromatic ring is 1. The van der Waals surface area contributed by atoms with E-state index in [2.05, 4.69) is 4.98 Å². The van der Waals surface area contributed by atoms with Crippen LogP contribution in [0.1, 0.15) is 22.5 Å². The first-order chi connectivity index (χ1) is 6.02. The number of hydrogen-bond donors (Lipinski definition) is 1. The predicted octanol–water partition coefficient (Wildman–Crippen LogP) is 1.98. The lowest BCUT2D eigenvalue weighted by atomic mass is 10.2. The highest BCUT2D eigenvalue weighted by molar-refractivity contribution is 6.67. The Balaban J connectivity index is 3.27. The molecule has 0 amide bonds. The smallest absolute Gasteiger partial charge is 0.281 e. The summed E-state index contributed by atoms with van der Waals surface area (Å²) in [7, 11) is 0. The van der Waals surface area contributed by atoms with Crippen LogP contribution in [0.3, 0.4) is 0 Å². The molecule has 1 heterocycles. The zero-order valence-electron chi connectivity index (χ0n) is 6.30. The molecule has 0 aromatic carbocycles. The molecule has 13 heavy (non-hydrogen) atoms. The number of alkyl halides is 2.